The molecular weight excluding hydrogens is 240 g/mol. The molecule has 0 fully saturated rings. The van der Waals surface area contributed by atoms with Crippen LogP contribution in [0.1, 0.15) is 16.1 Å². The fourth-order valence-electron chi connectivity index (χ4n) is 1.35. The maximum Gasteiger partial charge on any atom is 0.338 e. The first-order valence-electron chi connectivity index (χ1n) is 4.91. The maximum absolute atomic E-state index is 11.9. The number of hydrogen-bond donors (Lipinski definition) is 1. The number of carbonyl (C=O) groups is 1. The number of carboxylic acids is 1. The first kappa shape index (κ1) is 11.6. The Kier molecular flexibility index (Phi) is 3.39. The third-order valence-corrected chi connectivity index (χ3v) is 3.52. The van der Waals surface area contributed by atoms with Gasteiger partial charge in [0.05, 0.1) is 22.1 Å². The van der Waals surface area contributed by atoms with Crippen molar-refractivity contribution in [3.63, 3.8) is 0 Å². The number of furan rings is 1. The monoisotopic (exact) mass is 250 g/mol. The molecule has 1 unspecified atom stereocenters. The summed E-state index contributed by atoms with van der Waals surface area (Å²) in [6, 6.07) is 10.4. The molecule has 1 heterocycles. The Morgan fingerprint density at radius 1 is 1.29 bits per heavy atom. The molecule has 88 valence electrons. The van der Waals surface area contributed by atoms with Gasteiger partial charge >= 0.3 is 5.97 Å². The highest BCUT2D eigenvalue weighted by molar-refractivity contribution is 7.84. The zero-order valence-electron chi connectivity index (χ0n) is 8.83. The van der Waals surface area contributed by atoms with E-state index in [-0.39, 0.29) is 11.3 Å². The number of aromatic carboxylic acids is 1. The van der Waals surface area contributed by atoms with Crippen LogP contribution in [0.15, 0.2) is 52.0 Å². The van der Waals surface area contributed by atoms with Gasteiger partial charge in [0.15, 0.2) is 0 Å². The molecule has 17 heavy (non-hydrogen) atoms. The van der Waals surface area contributed by atoms with Gasteiger partial charge in [-0.05, 0) is 18.2 Å². The van der Waals surface area contributed by atoms with Gasteiger partial charge in [0.2, 0.25) is 0 Å². The lowest BCUT2D eigenvalue weighted by atomic mass is 10.3. The predicted molar refractivity (Wildman–Crippen MR) is 62.2 cm³/mol. The van der Waals surface area contributed by atoms with E-state index in [1.165, 1.54) is 6.07 Å². The maximum atomic E-state index is 11.9. The van der Waals surface area contributed by atoms with Gasteiger partial charge in [-0.2, -0.15) is 0 Å². The molecule has 5 heteroatoms. The smallest absolute Gasteiger partial charge is 0.338 e. The minimum atomic E-state index is -1.22. The largest absolute Gasteiger partial charge is 0.478 e. The Morgan fingerprint density at radius 3 is 2.59 bits per heavy atom. The predicted octanol–water partition coefficient (Wildman–Crippen LogP) is 2.29. The molecule has 0 aliphatic carbocycles. The zero-order chi connectivity index (χ0) is 12.3. The van der Waals surface area contributed by atoms with Crippen LogP contribution in [0, 0.1) is 0 Å². The topological polar surface area (TPSA) is 67.5 Å². The molecular formula is C12H10O4S. The average Bonchev–Trinajstić information content (AvgIpc) is 2.79. The van der Waals surface area contributed by atoms with Crippen LogP contribution in [-0.4, -0.2) is 15.3 Å². The summed E-state index contributed by atoms with van der Waals surface area (Å²) in [6.07, 6.45) is 1.15. The Hall–Kier alpha value is -1.88. The van der Waals surface area contributed by atoms with Crippen molar-refractivity contribution < 1.29 is 18.5 Å². The van der Waals surface area contributed by atoms with Gasteiger partial charge in [-0.25, -0.2) is 4.79 Å². The molecule has 0 radical (unpaired) electrons. The normalized spacial score (nSPS) is 12.2. The summed E-state index contributed by atoms with van der Waals surface area (Å²) in [6.45, 7) is 0. The fourth-order valence-corrected chi connectivity index (χ4v) is 2.39. The van der Waals surface area contributed by atoms with Crippen molar-refractivity contribution in [1.29, 1.82) is 0 Å². The van der Waals surface area contributed by atoms with Crippen molar-refractivity contribution in [3.05, 3.63) is 54.0 Å². The third kappa shape index (κ3) is 2.82. The van der Waals surface area contributed by atoms with Crippen LogP contribution in [0.4, 0.5) is 0 Å². The summed E-state index contributed by atoms with van der Waals surface area (Å²) in [5, 5.41) is 8.71. The molecule has 0 saturated carbocycles. The van der Waals surface area contributed by atoms with E-state index < -0.39 is 16.8 Å². The van der Waals surface area contributed by atoms with Crippen molar-refractivity contribution in [2.75, 3.05) is 0 Å². The summed E-state index contributed by atoms with van der Waals surface area (Å²) in [4.78, 5) is 11.3. The Balaban J connectivity index is 2.11. The molecule has 0 saturated heterocycles. The number of benzene rings is 1. The summed E-state index contributed by atoms with van der Waals surface area (Å²) in [5.41, 5.74) is 0.0741. The molecule has 0 bridgehead atoms. The lowest BCUT2D eigenvalue weighted by molar-refractivity contribution is 0.0696. The SMILES string of the molecule is O=C(O)c1coc(CS(=O)c2ccccc2)c1. The van der Waals surface area contributed by atoms with Gasteiger partial charge in [-0.15, -0.1) is 0 Å². The molecule has 0 spiro atoms. The van der Waals surface area contributed by atoms with Crippen molar-refractivity contribution in [1.82, 2.24) is 0 Å². The summed E-state index contributed by atoms with van der Waals surface area (Å²) < 4.78 is 16.9. The Morgan fingerprint density at radius 2 is 2.00 bits per heavy atom. The average molecular weight is 250 g/mol. The van der Waals surface area contributed by atoms with E-state index >= 15 is 0 Å². The van der Waals surface area contributed by atoms with E-state index in [1.54, 1.807) is 24.3 Å². The molecule has 0 aliphatic heterocycles. The molecule has 1 N–H and O–H groups in total. The van der Waals surface area contributed by atoms with Gasteiger partial charge in [0.1, 0.15) is 12.0 Å². The van der Waals surface area contributed by atoms with Crippen molar-refractivity contribution in [2.45, 2.75) is 10.6 Å². The molecule has 0 aliphatic rings. The van der Waals surface area contributed by atoms with Crippen LogP contribution in [-0.2, 0) is 16.6 Å². The van der Waals surface area contributed by atoms with E-state index in [9.17, 15) is 9.00 Å². The van der Waals surface area contributed by atoms with E-state index in [4.69, 9.17) is 9.52 Å². The molecule has 2 rings (SSSR count). The fraction of sp³-hybridized carbons (Fsp3) is 0.0833. The second-order valence-corrected chi connectivity index (χ2v) is 4.86. The summed E-state index contributed by atoms with van der Waals surface area (Å²) in [5.74, 6) is -0.466. The van der Waals surface area contributed by atoms with Crippen molar-refractivity contribution >= 4 is 16.8 Å². The van der Waals surface area contributed by atoms with Gasteiger partial charge in [-0.1, -0.05) is 18.2 Å². The highest BCUT2D eigenvalue weighted by Crippen LogP contribution is 2.14. The first-order valence-corrected chi connectivity index (χ1v) is 6.23. The van der Waals surface area contributed by atoms with Crippen LogP contribution >= 0.6 is 0 Å². The van der Waals surface area contributed by atoms with E-state index in [0.717, 1.165) is 6.26 Å². The van der Waals surface area contributed by atoms with E-state index in [1.807, 2.05) is 6.07 Å². The van der Waals surface area contributed by atoms with Gasteiger partial charge in [0.25, 0.3) is 0 Å². The summed E-state index contributed by atoms with van der Waals surface area (Å²) in [7, 11) is -1.22. The molecule has 4 nitrogen and oxygen atoms in total. The van der Waals surface area contributed by atoms with Crippen LogP contribution < -0.4 is 0 Å². The molecule has 1 aromatic carbocycles. The number of rotatable bonds is 4. The van der Waals surface area contributed by atoms with Crippen molar-refractivity contribution in [3.8, 4) is 0 Å². The Bertz CT molecular complexity index is 545. The zero-order valence-corrected chi connectivity index (χ0v) is 9.65. The van der Waals surface area contributed by atoms with E-state index in [2.05, 4.69) is 0 Å². The summed E-state index contributed by atoms with van der Waals surface area (Å²) >= 11 is 0. The lowest BCUT2D eigenvalue weighted by Crippen LogP contribution is -1.95. The highest BCUT2D eigenvalue weighted by Gasteiger charge is 2.11. The third-order valence-electron chi connectivity index (χ3n) is 2.18. The second-order valence-electron chi connectivity index (χ2n) is 3.41. The van der Waals surface area contributed by atoms with Gasteiger partial charge < -0.3 is 9.52 Å². The first-order chi connectivity index (χ1) is 8.16. The lowest BCUT2D eigenvalue weighted by Gasteiger charge is -1.98. The minimum Gasteiger partial charge on any atom is -0.478 e. The highest BCUT2D eigenvalue weighted by atomic mass is 32.2. The second kappa shape index (κ2) is 4.97. The molecule has 2 aromatic rings. The van der Waals surface area contributed by atoms with Crippen LogP contribution in [0.3, 0.4) is 0 Å². The standard InChI is InChI=1S/C12H10O4S/c13-12(14)9-6-10(16-7-9)8-17(15)11-4-2-1-3-5-11/h1-7H,8H2,(H,13,14). The Labute approximate surface area is 100 Å². The molecule has 0 amide bonds. The van der Waals surface area contributed by atoms with Gasteiger partial charge in [0, 0.05) is 4.90 Å². The van der Waals surface area contributed by atoms with Crippen LogP contribution in [0.25, 0.3) is 0 Å². The quantitative estimate of drug-likeness (QED) is 0.904. The molecule has 1 aromatic heterocycles. The van der Waals surface area contributed by atoms with Crippen LogP contribution in [0.2, 0.25) is 0 Å². The number of carboxylic acid groups (broad SMARTS) is 1. The van der Waals surface area contributed by atoms with E-state index in [0.29, 0.717) is 10.7 Å². The van der Waals surface area contributed by atoms with Crippen molar-refractivity contribution in [2.24, 2.45) is 0 Å². The minimum absolute atomic E-state index is 0.0741. The van der Waals surface area contributed by atoms with Crippen LogP contribution in [0.5, 0.6) is 0 Å². The van der Waals surface area contributed by atoms with Gasteiger partial charge in [-0.3, -0.25) is 4.21 Å². The molecule has 1 atom stereocenters. The number of hydrogen-bond acceptors (Lipinski definition) is 3.